The lowest BCUT2D eigenvalue weighted by atomic mass is 9.91. The second kappa shape index (κ2) is 9.67. The molecule has 4 nitrogen and oxygen atoms in total. The maximum atomic E-state index is 13.2. The predicted molar refractivity (Wildman–Crippen MR) is 140 cm³/mol. The first-order valence-electron chi connectivity index (χ1n) is 11.4. The third kappa shape index (κ3) is 4.95. The summed E-state index contributed by atoms with van der Waals surface area (Å²) in [6, 6.07) is 22.4. The molecule has 1 N–H and O–H groups in total. The third-order valence-corrected chi connectivity index (χ3v) is 5.95. The summed E-state index contributed by atoms with van der Waals surface area (Å²) in [5, 5.41) is 7.35. The predicted octanol–water partition coefficient (Wildman–Crippen LogP) is 7.21. The molecule has 182 valence electrons. The molecule has 0 fully saturated rings. The van der Waals surface area contributed by atoms with Crippen LogP contribution in [-0.4, -0.2) is 14.6 Å². The molecule has 37 heavy (non-hydrogen) atoms. The molecule has 0 atom stereocenters. The van der Waals surface area contributed by atoms with E-state index in [0.29, 0.717) is 22.7 Å². The van der Waals surface area contributed by atoms with Gasteiger partial charge >= 0.3 is 6.18 Å². The highest BCUT2D eigenvalue weighted by atomic mass is 19.4. The Balaban J connectivity index is 1.57. The van der Waals surface area contributed by atoms with Crippen molar-refractivity contribution < 1.29 is 13.2 Å². The van der Waals surface area contributed by atoms with E-state index in [1.54, 1.807) is 23.0 Å². The topological polar surface area (TPSA) is 42.2 Å². The number of imidazole rings is 1. The van der Waals surface area contributed by atoms with Crippen LogP contribution in [0.2, 0.25) is 0 Å². The summed E-state index contributed by atoms with van der Waals surface area (Å²) < 4.78 is 41.2. The lowest BCUT2D eigenvalue weighted by molar-refractivity contribution is -0.137. The van der Waals surface area contributed by atoms with E-state index in [0.717, 1.165) is 39.9 Å². The van der Waals surface area contributed by atoms with E-state index in [4.69, 9.17) is 0 Å². The summed E-state index contributed by atoms with van der Waals surface area (Å²) in [5.41, 5.74) is 5.68. The van der Waals surface area contributed by atoms with E-state index in [1.807, 2.05) is 61.5 Å². The van der Waals surface area contributed by atoms with Crippen molar-refractivity contribution >= 4 is 17.0 Å². The van der Waals surface area contributed by atoms with Crippen molar-refractivity contribution in [2.24, 2.45) is 0 Å². The molecule has 7 heteroatoms. The lowest BCUT2D eigenvalue weighted by Crippen LogP contribution is -2.06. The lowest BCUT2D eigenvalue weighted by Gasteiger charge is -2.17. The van der Waals surface area contributed by atoms with Crippen LogP contribution in [0.15, 0.2) is 97.8 Å². The van der Waals surface area contributed by atoms with Gasteiger partial charge in [-0.05, 0) is 59.9 Å². The molecule has 0 unspecified atom stereocenters. The van der Waals surface area contributed by atoms with Gasteiger partial charge in [0.05, 0.1) is 11.8 Å². The molecule has 0 amide bonds. The SMILES string of the molecule is C=C(Nc1cccc(C(F)(F)F)c1)c1ccc(-c2ccccc2)c(C#Cc2cnc3cccnn23)c1C. The Morgan fingerprint density at radius 1 is 0.946 bits per heavy atom. The van der Waals surface area contributed by atoms with E-state index in [9.17, 15) is 13.2 Å². The van der Waals surface area contributed by atoms with E-state index >= 15 is 0 Å². The Bertz CT molecular complexity index is 1670. The van der Waals surface area contributed by atoms with E-state index in [-0.39, 0.29) is 0 Å². The molecule has 0 spiro atoms. The summed E-state index contributed by atoms with van der Waals surface area (Å²) in [4.78, 5) is 4.34. The smallest absolute Gasteiger partial charge is 0.356 e. The number of fused-ring (bicyclic) bond motifs is 1. The summed E-state index contributed by atoms with van der Waals surface area (Å²) in [7, 11) is 0. The number of benzene rings is 3. The number of nitrogens with one attached hydrogen (secondary N) is 1. The fourth-order valence-electron chi connectivity index (χ4n) is 4.11. The average molecular weight is 495 g/mol. The Morgan fingerprint density at radius 2 is 1.76 bits per heavy atom. The van der Waals surface area contributed by atoms with E-state index in [1.165, 1.54) is 6.07 Å². The first kappa shape index (κ1) is 23.9. The van der Waals surface area contributed by atoms with Crippen LogP contribution in [0.1, 0.15) is 27.9 Å². The molecule has 3 aromatic carbocycles. The van der Waals surface area contributed by atoms with Gasteiger partial charge < -0.3 is 5.32 Å². The van der Waals surface area contributed by atoms with Gasteiger partial charge in [-0.15, -0.1) is 0 Å². The van der Waals surface area contributed by atoms with Crippen molar-refractivity contribution in [1.29, 1.82) is 0 Å². The van der Waals surface area contributed by atoms with Crippen LogP contribution >= 0.6 is 0 Å². The van der Waals surface area contributed by atoms with E-state index < -0.39 is 11.7 Å². The van der Waals surface area contributed by atoms with Crippen molar-refractivity contribution in [3.8, 4) is 23.0 Å². The van der Waals surface area contributed by atoms with Crippen LogP contribution < -0.4 is 5.32 Å². The quantitative estimate of drug-likeness (QED) is 0.269. The molecular formula is C30H21F3N4. The summed E-state index contributed by atoms with van der Waals surface area (Å²) in [6.07, 6.45) is -1.09. The number of rotatable bonds is 4. The highest BCUT2D eigenvalue weighted by molar-refractivity contribution is 5.82. The molecule has 5 aromatic rings. The number of aromatic nitrogens is 3. The van der Waals surface area contributed by atoms with Crippen LogP contribution in [-0.2, 0) is 6.18 Å². The monoisotopic (exact) mass is 494 g/mol. The Labute approximate surface area is 212 Å². The van der Waals surface area contributed by atoms with Gasteiger partial charge in [-0.1, -0.05) is 61.0 Å². The van der Waals surface area contributed by atoms with Crippen LogP contribution in [0.3, 0.4) is 0 Å². The number of hydrogen-bond acceptors (Lipinski definition) is 3. The fraction of sp³-hybridized carbons (Fsp3) is 0.0667. The second-order valence-electron chi connectivity index (χ2n) is 8.40. The van der Waals surface area contributed by atoms with Crippen LogP contribution in [0.4, 0.5) is 18.9 Å². The summed E-state index contributed by atoms with van der Waals surface area (Å²) in [5.74, 6) is 6.48. The number of anilines is 1. The van der Waals surface area contributed by atoms with Crippen molar-refractivity contribution in [3.63, 3.8) is 0 Å². The maximum Gasteiger partial charge on any atom is 0.416 e. The van der Waals surface area contributed by atoms with Crippen molar-refractivity contribution in [2.45, 2.75) is 13.1 Å². The number of nitrogens with zero attached hydrogens (tertiary/aromatic N) is 3. The second-order valence-corrected chi connectivity index (χ2v) is 8.40. The van der Waals surface area contributed by atoms with Gasteiger partial charge in [-0.25, -0.2) is 9.50 Å². The molecule has 2 aromatic heterocycles. The molecular weight excluding hydrogens is 473 g/mol. The van der Waals surface area contributed by atoms with Crippen molar-refractivity contribution in [2.75, 3.05) is 5.32 Å². The normalized spacial score (nSPS) is 11.1. The third-order valence-electron chi connectivity index (χ3n) is 5.95. The zero-order chi connectivity index (χ0) is 26.0. The molecule has 0 saturated carbocycles. The molecule has 5 rings (SSSR count). The first-order chi connectivity index (χ1) is 17.8. The van der Waals surface area contributed by atoms with Gasteiger partial charge in [-0.3, -0.25) is 0 Å². The number of hydrogen-bond donors (Lipinski definition) is 1. The average Bonchev–Trinajstić information content (AvgIpc) is 3.31. The van der Waals surface area contributed by atoms with Gasteiger partial charge in [0.25, 0.3) is 0 Å². The highest BCUT2D eigenvalue weighted by Crippen LogP contribution is 2.33. The first-order valence-corrected chi connectivity index (χ1v) is 11.4. The summed E-state index contributed by atoms with van der Waals surface area (Å²) >= 11 is 0. The van der Waals surface area contributed by atoms with Gasteiger partial charge in [0, 0.05) is 28.7 Å². The van der Waals surface area contributed by atoms with Gasteiger partial charge in [0.15, 0.2) is 5.65 Å². The molecule has 0 bridgehead atoms. The number of halogens is 3. The molecule has 0 radical (unpaired) electrons. The van der Waals surface area contributed by atoms with Crippen LogP contribution in [0.5, 0.6) is 0 Å². The molecule has 0 aliphatic heterocycles. The molecule has 2 heterocycles. The van der Waals surface area contributed by atoms with Gasteiger partial charge in [0.2, 0.25) is 0 Å². The Hall–Kier alpha value is -4.83. The summed E-state index contributed by atoms with van der Waals surface area (Å²) in [6.45, 7) is 6.03. The largest absolute Gasteiger partial charge is 0.416 e. The Morgan fingerprint density at radius 3 is 2.54 bits per heavy atom. The minimum Gasteiger partial charge on any atom is -0.356 e. The van der Waals surface area contributed by atoms with Crippen molar-refractivity contribution in [3.05, 3.63) is 126 Å². The maximum absolute atomic E-state index is 13.2. The standard InChI is InChI=1S/C30H21F3N4/c1-20-26(21(2)36-24-11-6-10-23(18-24)30(31,32)33)15-16-28(22-8-4-3-5-9-22)27(20)14-13-25-19-34-29-12-7-17-35-37(25)29/h3-12,15-19,36H,2H2,1H3. The minimum atomic E-state index is -4.43. The van der Waals surface area contributed by atoms with Gasteiger partial charge in [0.1, 0.15) is 5.69 Å². The van der Waals surface area contributed by atoms with Crippen LogP contribution in [0.25, 0.3) is 22.5 Å². The van der Waals surface area contributed by atoms with Crippen LogP contribution in [0, 0.1) is 18.8 Å². The van der Waals surface area contributed by atoms with Gasteiger partial charge in [-0.2, -0.15) is 18.3 Å². The zero-order valence-electron chi connectivity index (χ0n) is 19.8. The fourth-order valence-corrected chi connectivity index (χ4v) is 4.11. The minimum absolute atomic E-state index is 0.302. The van der Waals surface area contributed by atoms with E-state index in [2.05, 4.69) is 33.8 Å². The Kier molecular flexibility index (Phi) is 6.24. The molecule has 0 aliphatic rings. The van der Waals surface area contributed by atoms with Crippen molar-refractivity contribution in [1.82, 2.24) is 14.6 Å². The number of alkyl halides is 3. The highest BCUT2D eigenvalue weighted by Gasteiger charge is 2.30. The zero-order valence-corrected chi connectivity index (χ0v) is 19.8. The molecule has 0 aliphatic carbocycles. The molecule has 0 saturated heterocycles.